The van der Waals surface area contributed by atoms with Crippen molar-refractivity contribution in [1.29, 1.82) is 0 Å². The maximum atomic E-state index is 12.2. The summed E-state index contributed by atoms with van der Waals surface area (Å²) in [6.07, 6.45) is 0.583. The number of carbonyl (C=O) groups is 1. The monoisotopic (exact) mass is 330 g/mol. The Morgan fingerprint density at radius 2 is 2.22 bits per heavy atom. The number of nitrogens with zero attached hydrogens (tertiary/aromatic N) is 2. The molecule has 23 heavy (non-hydrogen) atoms. The van der Waals surface area contributed by atoms with E-state index in [9.17, 15) is 9.90 Å². The number of fused-ring (bicyclic) bond motifs is 1. The van der Waals surface area contributed by atoms with E-state index < -0.39 is 6.10 Å². The van der Waals surface area contributed by atoms with E-state index in [-0.39, 0.29) is 12.5 Å². The number of aryl methyl sites for hydroxylation is 1. The molecule has 0 radical (unpaired) electrons. The maximum absolute atomic E-state index is 12.2. The van der Waals surface area contributed by atoms with Crippen molar-refractivity contribution in [2.45, 2.75) is 13.0 Å². The van der Waals surface area contributed by atoms with E-state index in [1.807, 2.05) is 6.92 Å². The van der Waals surface area contributed by atoms with Crippen molar-refractivity contribution in [3.8, 4) is 0 Å². The molecular weight excluding hydrogens is 316 g/mol. The Morgan fingerprint density at radius 3 is 3.00 bits per heavy atom. The summed E-state index contributed by atoms with van der Waals surface area (Å²) in [5.41, 5.74) is 2.40. The molecule has 0 aliphatic heterocycles. The van der Waals surface area contributed by atoms with Crippen LogP contribution < -0.4 is 5.32 Å². The molecule has 3 aromatic rings. The third-order valence-electron chi connectivity index (χ3n) is 3.58. The fourth-order valence-corrected chi connectivity index (χ4v) is 2.55. The molecular formula is C16H15ClN4O2. The summed E-state index contributed by atoms with van der Waals surface area (Å²) in [7, 11) is 0. The first-order chi connectivity index (χ1) is 11.1. The number of carbonyl (C=O) groups excluding carboxylic acids is 1. The van der Waals surface area contributed by atoms with Crippen molar-refractivity contribution in [2.24, 2.45) is 0 Å². The van der Waals surface area contributed by atoms with Crippen LogP contribution in [0.2, 0.25) is 5.02 Å². The minimum absolute atomic E-state index is 0.0605. The van der Waals surface area contributed by atoms with E-state index in [4.69, 9.17) is 11.6 Å². The topological polar surface area (TPSA) is 90.9 Å². The first-order valence-electron chi connectivity index (χ1n) is 7.07. The van der Waals surface area contributed by atoms with Gasteiger partial charge in [-0.3, -0.25) is 9.89 Å². The van der Waals surface area contributed by atoms with E-state index in [0.29, 0.717) is 21.8 Å². The first-order valence-corrected chi connectivity index (χ1v) is 7.45. The molecule has 0 bridgehead atoms. The number of aliphatic hydroxyl groups excluding tert-OH is 1. The Kier molecular flexibility index (Phi) is 4.27. The van der Waals surface area contributed by atoms with Gasteiger partial charge >= 0.3 is 0 Å². The normalized spacial score (nSPS) is 12.3. The second kappa shape index (κ2) is 6.36. The fourth-order valence-electron chi connectivity index (χ4n) is 2.29. The summed E-state index contributed by atoms with van der Waals surface area (Å²) in [6, 6.07) is 8.71. The average molecular weight is 331 g/mol. The van der Waals surface area contributed by atoms with Gasteiger partial charge in [0, 0.05) is 34.4 Å². The maximum Gasteiger partial charge on any atom is 0.252 e. The summed E-state index contributed by atoms with van der Waals surface area (Å²) in [5.74, 6) is -0.314. The van der Waals surface area contributed by atoms with Crippen LogP contribution in [0.15, 0.2) is 36.5 Å². The molecule has 0 aliphatic rings. The van der Waals surface area contributed by atoms with Crippen LogP contribution >= 0.6 is 11.6 Å². The van der Waals surface area contributed by atoms with Crippen LogP contribution in [0.4, 0.5) is 0 Å². The third kappa shape index (κ3) is 3.18. The van der Waals surface area contributed by atoms with E-state index >= 15 is 0 Å². The summed E-state index contributed by atoms with van der Waals surface area (Å²) in [5, 5.41) is 20.9. The number of aliphatic hydroxyl groups is 1. The summed E-state index contributed by atoms with van der Waals surface area (Å²) >= 11 is 6.03. The van der Waals surface area contributed by atoms with Crippen LogP contribution in [0, 0.1) is 6.92 Å². The molecule has 0 spiro atoms. The molecule has 2 aromatic heterocycles. The Morgan fingerprint density at radius 1 is 1.43 bits per heavy atom. The van der Waals surface area contributed by atoms with Crippen molar-refractivity contribution in [3.05, 3.63) is 58.4 Å². The number of amides is 1. The highest BCUT2D eigenvalue weighted by molar-refractivity contribution is 6.31. The van der Waals surface area contributed by atoms with Crippen molar-refractivity contribution in [1.82, 2.24) is 20.5 Å². The lowest BCUT2D eigenvalue weighted by Gasteiger charge is -2.13. The standard InChI is InChI=1S/C16H15ClN4O2/c1-9-12-6-10(7-18-15(12)21-20-9)16(23)19-8-14(22)11-4-2-3-5-13(11)17/h2-7,14,22H,8H2,1H3,(H,19,23)(H,18,20,21). The number of rotatable bonds is 4. The van der Waals surface area contributed by atoms with Crippen molar-refractivity contribution in [3.63, 3.8) is 0 Å². The highest BCUT2D eigenvalue weighted by Crippen LogP contribution is 2.22. The van der Waals surface area contributed by atoms with Crippen LogP contribution in [0.25, 0.3) is 11.0 Å². The number of hydrogen-bond acceptors (Lipinski definition) is 4. The van der Waals surface area contributed by atoms with Crippen molar-refractivity contribution >= 4 is 28.5 Å². The SMILES string of the molecule is Cc1[nH]nc2ncc(C(=O)NCC(O)c3ccccc3Cl)cc12. The predicted molar refractivity (Wildman–Crippen MR) is 87.4 cm³/mol. The lowest BCUT2D eigenvalue weighted by Crippen LogP contribution is -2.28. The van der Waals surface area contributed by atoms with E-state index in [2.05, 4.69) is 20.5 Å². The Balaban J connectivity index is 1.71. The Bertz CT molecular complexity index is 862. The lowest BCUT2D eigenvalue weighted by molar-refractivity contribution is 0.0916. The molecule has 1 atom stereocenters. The number of aromatic amines is 1. The van der Waals surface area contributed by atoms with Gasteiger partial charge in [0.15, 0.2) is 5.65 Å². The zero-order valence-corrected chi connectivity index (χ0v) is 13.1. The van der Waals surface area contributed by atoms with Gasteiger partial charge in [0.05, 0.1) is 11.7 Å². The van der Waals surface area contributed by atoms with Gasteiger partial charge in [0.1, 0.15) is 0 Å². The molecule has 2 heterocycles. The largest absolute Gasteiger partial charge is 0.387 e. The fraction of sp³-hybridized carbons (Fsp3) is 0.188. The summed E-state index contributed by atoms with van der Waals surface area (Å²) < 4.78 is 0. The van der Waals surface area contributed by atoms with E-state index in [1.165, 1.54) is 6.20 Å². The number of hydrogen-bond donors (Lipinski definition) is 3. The van der Waals surface area contributed by atoms with E-state index in [0.717, 1.165) is 11.1 Å². The molecule has 1 unspecified atom stereocenters. The minimum atomic E-state index is -0.875. The molecule has 3 N–H and O–H groups in total. The highest BCUT2D eigenvalue weighted by atomic mass is 35.5. The Hall–Kier alpha value is -2.44. The number of pyridine rings is 1. The van der Waals surface area contributed by atoms with Crippen LogP contribution in [-0.4, -0.2) is 32.7 Å². The van der Waals surface area contributed by atoms with Crippen LogP contribution in [0.3, 0.4) is 0 Å². The van der Waals surface area contributed by atoms with Crippen molar-refractivity contribution in [2.75, 3.05) is 6.54 Å². The number of H-pyrrole nitrogens is 1. The van der Waals surface area contributed by atoms with Crippen molar-refractivity contribution < 1.29 is 9.90 Å². The molecule has 1 aromatic carbocycles. The number of nitrogens with one attached hydrogen (secondary N) is 2. The quantitative estimate of drug-likeness (QED) is 0.685. The molecule has 0 saturated heterocycles. The molecule has 0 saturated carbocycles. The molecule has 6 nitrogen and oxygen atoms in total. The predicted octanol–water partition coefficient (Wildman–Crippen LogP) is 2.38. The molecule has 0 aliphatic carbocycles. The van der Waals surface area contributed by atoms with Gasteiger partial charge in [0.25, 0.3) is 5.91 Å². The van der Waals surface area contributed by atoms with Gasteiger partial charge in [-0.2, -0.15) is 5.10 Å². The van der Waals surface area contributed by atoms with E-state index in [1.54, 1.807) is 30.3 Å². The van der Waals surface area contributed by atoms with Crippen LogP contribution in [0.5, 0.6) is 0 Å². The van der Waals surface area contributed by atoms with Crippen LogP contribution in [0.1, 0.15) is 27.7 Å². The van der Waals surface area contributed by atoms with Crippen LogP contribution in [-0.2, 0) is 0 Å². The second-order valence-corrected chi connectivity index (χ2v) is 5.60. The zero-order chi connectivity index (χ0) is 16.4. The molecule has 7 heteroatoms. The summed E-state index contributed by atoms with van der Waals surface area (Å²) in [4.78, 5) is 16.4. The van der Waals surface area contributed by atoms with Gasteiger partial charge in [-0.15, -0.1) is 0 Å². The number of benzene rings is 1. The zero-order valence-electron chi connectivity index (χ0n) is 12.4. The Labute approximate surface area is 137 Å². The number of halogens is 1. The van der Waals surface area contributed by atoms with Gasteiger partial charge in [-0.05, 0) is 19.1 Å². The summed E-state index contributed by atoms with van der Waals surface area (Å²) in [6.45, 7) is 1.92. The molecule has 1 amide bonds. The smallest absolute Gasteiger partial charge is 0.252 e. The molecule has 3 rings (SSSR count). The highest BCUT2D eigenvalue weighted by Gasteiger charge is 2.14. The van der Waals surface area contributed by atoms with Gasteiger partial charge in [0.2, 0.25) is 0 Å². The third-order valence-corrected chi connectivity index (χ3v) is 3.93. The first kappa shape index (κ1) is 15.5. The lowest BCUT2D eigenvalue weighted by atomic mass is 10.1. The second-order valence-electron chi connectivity index (χ2n) is 5.19. The number of aromatic nitrogens is 3. The molecule has 0 fully saturated rings. The average Bonchev–Trinajstić information content (AvgIpc) is 2.93. The van der Waals surface area contributed by atoms with Gasteiger partial charge < -0.3 is 10.4 Å². The van der Waals surface area contributed by atoms with Gasteiger partial charge in [-0.25, -0.2) is 4.98 Å². The molecule has 118 valence electrons. The minimum Gasteiger partial charge on any atom is -0.387 e. The van der Waals surface area contributed by atoms with Gasteiger partial charge in [-0.1, -0.05) is 29.8 Å².